The van der Waals surface area contributed by atoms with E-state index in [0.29, 0.717) is 0 Å². The standard InChI is InChI=1S/C8H10.C2H2O/c1-7-5-3-4-6-8(7)2;1-2-3/h3-6H,1-2H3;1H2. The van der Waals surface area contributed by atoms with Crippen LogP contribution in [0.15, 0.2) is 30.8 Å². The highest BCUT2D eigenvalue weighted by atomic mass is 16.1. The van der Waals surface area contributed by atoms with Gasteiger partial charge in [0.1, 0.15) is 5.94 Å². The molecule has 0 saturated carbocycles. The van der Waals surface area contributed by atoms with Gasteiger partial charge in [-0.05, 0) is 31.6 Å². The third-order valence-electron chi connectivity index (χ3n) is 1.43. The molecule has 0 aliphatic rings. The van der Waals surface area contributed by atoms with Gasteiger partial charge in [-0.25, -0.2) is 4.79 Å². The van der Waals surface area contributed by atoms with Crippen LogP contribution in [0.5, 0.6) is 0 Å². The predicted molar refractivity (Wildman–Crippen MR) is 47.2 cm³/mol. The SMILES string of the molecule is C=C=O.Cc1ccccc1C. The summed E-state index contributed by atoms with van der Waals surface area (Å²) < 4.78 is 0. The van der Waals surface area contributed by atoms with Crippen molar-refractivity contribution in [1.82, 2.24) is 0 Å². The number of aryl methyl sites for hydroxylation is 2. The molecule has 0 unspecified atom stereocenters. The Kier molecular flexibility index (Phi) is 4.80. The van der Waals surface area contributed by atoms with Crippen molar-refractivity contribution < 1.29 is 4.79 Å². The molecule has 58 valence electrons. The van der Waals surface area contributed by atoms with E-state index in [4.69, 9.17) is 4.79 Å². The highest BCUT2D eigenvalue weighted by molar-refractivity contribution is 5.38. The molecule has 0 aliphatic carbocycles. The number of rotatable bonds is 0. The quantitative estimate of drug-likeness (QED) is 0.516. The fourth-order valence-corrected chi connectivity index (χ4v) is 0.663. The summed E-state index contributed by atoms with van der Waals surface area (Å²) >= 11 is 0. The average Bonchev–Trinajstić information content (AvgIpc) is 1.97. The lowest BCUT2D eigenvalue weighted by molar-refractivity contribution is 0.569. The average molecular weight is 148 g/mol. The Morgan fingerprint density at radius 1 is 1.18 bits per heavy atom. The molecule has 0 saturated heterocycles. The molecule has 0 heterocycles. The first-order chi connectivity index (χ1) is 5.22. The molecule has 0 spiro atoms. The molecule has 1 rings (SSSR count). The van der Waals surface area contributed by atoms with Gasteiger partial charge in [-0.3, -0.25) is 0 Å². The molecule has 11 heavy (non-hydrogen) atoms. The van der Waals surface area contributed by atoms with E-state index in [1.807, 2.05) is 0 Å². The molecule has 0 aliphatic heterocycles. The van der Waals surface area contributed by atoms with E-state index in [0.717, 1.165) is 0 Å². The minimum atomic E-state index is 1.25. The second kappa shape index (κ2) is 5.45. The molecule has 0 amide bonds. The van der Waals surface area contributed by atoms with E-state index >= 15 is 0 Å². The monoisotopic (exact) mass is 148 g/mol. The van der Waals surface area contributed by atoms with Crippen LogP contribution in [-0.2, 0) is 4.79 Å². The molecule has 0 fully saturated rings. The Balaban J connectivity index is 0.000000292. The van der Waals surface area contributed by atoms with Crippen molar-refractivity contribution in [2.45, 2.75) is 13.8 Å². The maximum atomic E-state index is 8.57. The van der Waals surface area contributed by atoms with Crippen LogP contribution in [0.2, 0.25) is 0 Å². The van der Waals surface area contributed by atoms with Gasteiger partial charge in [0.2, 0.25) is 0 Å². The summed E-state index contributed by atoms with van der Waals surface area (Å²) in [6, 6.07) is 8.36. The summed E-state index contributed by atoms with van der Waals surface area (Å²) in [6.07, 6.45) is 0. The van der Waals surface area contributed by atoms with Crippen LogP contribution in [-0.4, -0.2) is 5.94 Å². The zero-order valence-electron chi connectivity index (χ0n) is 6.92. The lowest BCUT2D eigenvalue weighted by Crippen LogP contribution is -1.74. The molecule has 0 N–H and O–H groups in total. The molecule has 1 aromatic carbocycles. The van der Waals surface area contributed by atoms with Crippen molar-refractivity contribution >= 4 is 5.94 Å². The number of benzene rings is 1. The van der Waals surface area contributed by atoms with Gasteiger partial charge in [-0.15, -0.1) is 0 Å². The zero-order chi connectivity index (χ0) is 8.69. The number of carbonyl (C=O) groups excluding carboxylic acids is 1. The molecule has 1 aromatic rings. The topological polar surface area (TPSA) is 17.1 Å². The largest absolute Gasteiger partial charge is 0.234 e. The lowest BCUT2D eigenvalue weighted by Gasteiger charge is -1.93. The van der Waals surface area contributed by atoms with Crippen molar-refractivity contribution in [2.75, 3.05) is 0 Å². The van der Waals surface area contributed by atoms with Gasteiger partial charge < -0.3 is 0 Å². The van der Waals surface area contributed by atoms with Gasteiger partial charge in [-0.1, -0.05) is 24.3 Å². The van der Waals surface area contributed by atoms with Crippen molar-refractivity contribution in [3.63, 3.8) is 0 Å². The highest BCUT2D eigenvalue weighted by Gasteiger charge is 1.83. The normalized spacial score (nSPS) is 7.45. The summed E-state index contributed by atoms with van der Waals surface area (Å²) in [7, 11) is 0. The fraction of sp³-hybridized carbons (Fsp3) is 0.200. The van der Waals surface area contributed by atoms with Gasteiger partial charge in [0.25, 0.3) is 0 Å². The highest BCUT2D eigenvalue weighted by Crippen LogP contribution is 2.02. The molecule has 0 bridgehead atoms. The summed E-state index contributed by atoms with van der Waals surface area (Å²) in [5.74, 6) is 1.25. The summed E-state index contributed by atoms with van der Waals surface area (Å²) in [5, 5.41) is 0. The zero-order valence-corrected chi connectivity index (χ0v) is 6.92. The second-order valence-corrected chi connectivity index (χ2v) is 2.23. The Morgan fingerprint density at radius 2 is 1.45 bits per heavy atom. The maximum Gasteiger partial charge on any atom is 0.116 e. The smallest absolute Gasteiger partial charge is 0.116 e. The van der Waals surface area contributed by atoms with E-state index in [-0.39, 0.29) is 0 Å². The van der Waals surface area contributed by atoms with Crippen molar-refractivity contribution in [1.29, 1.82) is 0 Å². The molecule has 0 radical (unpaired) electrons. The van der Waals surface area contributed by atoms with Gasteiger partial charge in [-0.2, -0.15) is 0 Å². The van der Waals surface area contributed by atoms with Crippen molar-refractivity contribution in [2.24, 2.45) is 0 Å². The third kappa shape index (κ3) is 4.12. The van der Waals surface area contributed by atoms with Crippen LogP contribution >= 0.6 is 0 Å². The summed E-state index contributed by atoms with van der Waals surface area (Å²) in [6.45, 7) is 6.92. The summed E-state index contributed by atoms with van der Waals surface area (Å²) in [5.41, 5.74) is 2.74. The predicted octanol–water partition coefficient (Wildman–Crippen LogP) is 2.31. The van der Waals surface area contributed by atoms with Crippen LogP contribution < -0.4 is 0 Å². The van der Waals surface area contributed by atoms with Crippen LogP contribution in [0.1, 0.15) is 11.1 Å². The first-order valence-corrected chi connectivity index (χ1v) is 3.39. The van der Waals surface area contributed by atoms with E-state index < -0.39 is 0 Å². The number of hydrogen-bond acceptors (Lipinski definition) is 1. The van der Waals surface area contributed by atoms with E-state index in [1.54, 1.807) is 0 Å². The Labute approximate surface area is 67.4 Å². The summed E-state index contributed by atoms with van der Waals surface area (Å²) in [4.78, 5) is 8.57. The minimum absolute atomic E-state index is 1.25. The van der Waals surface area contributed by atoms with Crippen LogP contribution in [0.4, 0.5) is 0 Å². The second-order valence-electron chi connectivity index (χ2n) is 2.23. The molecule has 0 aromatic heterocycles. The van der Waals surface area contributed by atoms with Crippen LogP contribution in [0, 0.1) is 13.8 Å². The van der Waals surface area contributed by atoms with Gasteiger partial charge >= 0.3 is 0 Å². The Hall–Kier alpha value is -1.33. The van der Waals surface area contributed by atoms with E-state index in [1.165, 1.54) is 17.1 Å². The maximum absolute atomic E-state index is 8.57. The van der Waals surface area contributed by atoms with E-state index in [2.05, 4.69) is 44.7 Å². The van der Waals surface area contributed by atoms with Gasteiger partial charge in [0.15, 0.2) is 0 Å². The first-order valence-electron chi connectivity index (χ1n) is 3.39. The van der Waals surface area contributed by atoms with Gasteiger partial charge in [0, 0.05) is 0 Å². The Morgan fingerprint density at radius 3 is 1.64 bits per heavy atom. The molecular formula is C10H12O. The molecule has 1 nitrogen and oxygen atoms in total. The van der Waals surface area contributed by atoms with Gasteiger partial charge in [0.05, 0.1) is 0 Å². The van der Waals surface area contributed by atoms with Crippen molar-refractivity contribution in [3.05, 3.63) is 42.0 Å². The van der Waals surface area contributed by atoms with Crippen LogP contribution in [0.3, 0.4) is 0 Å². The number of hydrogen-bond donors (Lipinski definition) is 0. The van der Waals surface area contributed by atoms with Crippen molar-refractivity contribution in [3.8, 4) is 0 Å². The molecular weight excluding hydrogens is 136 g/mol. The fourth-order valence-electron chi connectivity index (χ4n) is 0.663. The first kappa shape index (κ1) is 9.67. The minimum Gasteiger partial charge on any atom is -0.234 e. The van der Waals surface area contributed by atoms with Crippen LogP contribution in [0.25, 0.3) is 0 Å². The molecule has 1 heteroatoms. The third-order valence-corrected chi connectivity index (χ3v) is 1.43. The molecule has 0 atom stereocenters. The lowest BCUT2D eigenvalue weighted by atomic mass is 10.1. The Bertz CT molecular complexity index is 224. The van der Waals surface area contributed by atoms with E-state index in [9.17, 15) is 0 Å².